The van der Waals surface area contributed by atoms with Crippen molar-refractivity contribution in [3.05, 3.63) is 10.7 Å². The van der Waals surface area contributed by atoms with Crippen LogP contribution in [0.3, 0.4) is 0 Å². The predicted octanol–water partition coefficient (Wildman–Crippen LogP) is 2.07. The van der Waals surface area contributed by atoms with Crippen molar-refractivity contribution in [1.82, 2.24) is 0 Å². The minimum absolute atomic E-state index is 0.137. The summed E-state index contributed by atoms with van der Waals surface area (Å²) >= 11 is 11.1. The first-order chi connectivity index (χ1) is 4.61. The zero-order chi connectivity index (χ0) is 7.72. The van der Waals surface area contributed by atoms with Crippen molar-refractivity contribution in [1.29, 1.82) is 0 Å². The largest absolute Gasteiger partial charge is 0.293 e. The van der Waals surface area contributed by atoms with Crippen molar-refractivity contribution in [2.75, 3.05) is 0 Å². The van der Waals surface area contributed by atoms with E-state index in [0.29, 0.717) is 10.9 Å². The molecule has 0 aromatic carbocycles. The van der Waals surface area contributed by atoms with E-state index in [1.807, 2.05) is 0 Å². The molecular weight excluding hydrogens is 173 g/mol. The number of hydrogen-bond acceptors (Lipinski definition) is 2. The Morgan fingerprint density at radius 1 is 1.50 bits per heavy atom. The van der Waals surface area contributed by atoms with Gasteiger partial charge < -0.3 is 0 Å². The number of allylic oxidation sites excluding steroid dienone is 2. The molecule has 1 aliphatic rings. The van der Waals surface area contributed by atoms with E-state index in [1.165, 1.54) is 0 Å². The zero-order valence-electron chi connectivity index (χ0n) is 5.32. The maximum Gasteiger partial charge on any atom is 0.182 e. The Hall–Kier alpha value is -0.340. The number of ketones is 1. The molecule has 54 valence electrons. The molecule has 0 amide bonds. The van der Waals surface area contributed by atoms with Crippen LogP contribution < -0.4 is 0 Å². The van der Waals surface area contributed by atoms with Crippen LogP contribution in [0.15, 0.2) is 15.7 Å². The van der Waals surface area contributed by atoms with Crippen molar-refractivity contribution in [2.24, 2.45) is 4.99 Å². The third-order valence-electron chi connectivity index (χ3n) is 1.16. The SMILES string of the molecule is CC1=C(Cl)C(=O)CC(Cl)=N1. The molecule has 0 spiro atoms. The number of nitrogens with zero attached hydrogens (tertiary/aromatic N) is 1. The van der Waals surface area contributed by atoms with Gasteiger partial charge in [-0.2, -0.15) is 0 Å². The maximum absolute atomic E-state index is 10.9. The second-order valence-electron chi connectivity index (χ2n) is 1.99. The van der Waals surface area contributed by atoms with E-state index in [0.717, 1.165) is 0 Å². The highest BCUT2D eigenvalue weighted by Crippen LogP contribution is 2.20. The van der Waals surface area contributed by atoms with Crippen molar-refractivity contribution in [2.45, 2.75) is 13.3 Å². The molecular formula is C6H5Cl2NO. The standard InChI is InChI=1S/C6H5Cl2NO/c1-3-6(8)4(10)2-5(7)9-3/h2H2,1H3. The van der Waals surface area contributed by atoms with Crippen LogP contribution in [-0.2, 0) is 4.79 Å². The average Bonchev–Trinajstić information content (AvgIpc) is 1.82. The minimum atomic E-state index is -0.154. The Morgan fingerprint density at radius 3 is 2.60 bits per heavy atom. The van der Waals surface area contributed by atoms with Gasteiger partial charge in [0.1, 0.15) is 10.2 Å². The molecule has 0 N–H and O–H groups in total. The Balaban J connectivity index is 3.03. The molecule has 0 unspecified atom stereocenters. The lowest BCUT2D eigenvalue weighted by atomic mass is 10.2. The molecule has 0 saturated carbocycles. The number of rotatable bonds is 0. The molecule has 0 aromatic rings. The van der Waals surface area contributed by atoms with Gasteiger partial charge in [-0.15, -0.1) is 0 Å². The lowest BCUT2D eigenvalue weighted by molar-refractivity contribution is -0.114. The van der Waals surface area contributed by atoms with E-state index < -0.39 is 0 Å². The first-order valence-corrected chi connectivity index (χ1v) is 3.49. The van der Waals surface area contributed by atoms with Crippen molar-refractivity contribution >= 4 is 34.2 Å². The highest BCUT2D eigenvalue weighted by atomic mass is 35.5. The first-order valence-electron chi connectivity index (χ1n) is 2.74. The van der Waals surface area contributed by atoms with Gasteiger partial charge in [-0.1, -0.05) is 23.2 Å². The van der Waals surface area contributed by atoms with E-state index in [1.54, 1.807) is 6.92 Å². The monoisotopic (exact) mass is 177 g/mol. The molecule has 0 aliphatic carbocycles. The van der Waals surface area contributed by atoms with Crippen LogP contribution in [0.4, 0.5) is 0 Å². The van der Waals surface area contributed by atoms with Gasteiger partial charge in [0.2, 0.25) is 0 Å². The van der Waals surface area contributed by atoms with E-state index in [9.17, 15) is 4.79 Å². The van der Waals surface area contributed by atoms with Crippen LogP contribution in [0.1, 0.15) is 13.3 Å². The highest BCUT2D eigenvalue weighted by Gasteiger charge is 2.17. The Bertz CT molecular complexity index is 242. The minimum Gasteiger partial charge on any atom is -0.293 e. The fraction of sp³-hybridized carbons (Fsp3) is 0.333. The number of Topliss-reactive ketones (excluding diaryl/α,β-unsaturated/α-hetero) is 1. The topological polar surface area (TPSA) is 29.4 Å². The van der Waals surface area contributed by atoms with Crippen molar-refractivity contribution < 1.29 is 4.79 Å². The number of aliphatic imine (C=N–C) groups is 1. The highest BCUT2D eigenvalue weighted by molar-refractivity contribution is 6.68. The average molecular weight is 178 g/mol. The maximum atomic E-state index is 10.9. The van der Waals surface area contributed by atoms with Gasteiger partial charge in [-0.25, -0.2) is 4.99 Å². The molecule has 0 saturated heterocycles. The van der Waals surface area contributed by atoms with Crippen LogP contribution in [0, 0.1) is 0 Å². The van der Waals surface area contributed by atoms with Crippen LogP contribution in [0.25, 0.3) is 0 Å². The number of hydrogen-bond donors (Lipinski definition) is 0. The fourth-order valence-electron chi connectivity index (χ4n) is 0.682. The smallest absolute Gasteiger partial charge is 0.182 e. The lowest BCUT2D eigenvalue weighted by Gasteiger charge is -2.06. The molecule has 1 aliphatic heterocycles. The number of carbonyl (C=O) groups is 1. The van der Waals surface area contributed by atoms with E-state index in [2.05, 4.69) is 4.99 Å². The van der Waals surface area contributed by atoms with Gasteiger partial charge in [-0.05, 0) is 6.92 Å². The summed E-state index contributed by atoms with van der Waals surface area (Å²) in [6.07, 6.45) is 0.137. The third kappa shape index (κ3) is 1.39. The summed E-state index contributed by atoms with van der Waals surface area (Å²) in [6, 6.07) is 0. The van der Waals surface area contributed by atoms with Crippen LogP contribution >= 0.6 is 23.2 Å². The van der Waals surface area contributed by atoms with Gasteiger partial charge in [-0.3, -0.25) is 4.79 Å². The van der Waals surface area contributed by atoms with Gasteiger partial charge in [0.25, 0.3) is 0 Å². The molecule has 1 heterocycles. The summed E-state index contributed by atoms with van der Waals surface area (Å²) in [5.41, 5.74) is 0.503. The number of halogens is 2. The van der Waals surface area contributed by atoms with Gasteiger partial charge in [0.05, 0.1) is 12.1 Å². The Morgan fingerprint density at radius 2 is 2.10 bits per heavy atom. The molecule has 0 atom stereocenters. The molecule has 0 radical (unpaired) electrons. The fourth-order valence-corrected chi connectivity index (χ4v) is 1.04. The van der Waals surface area contributed by atoms with Gasteiger partial charge in [0, 0.05) is 0 Å². The molecule has 0 aromatic heterocycles. The molecule has 10 heavy (non-hydrogen) atoms. The van der Waals surface area contributed by atoms with Crippen LogP contribution in [0.2, 0.25) is 0 Å². The predicted molar refractivity (Wildman–Crippen MR) is 41.5 cm³/mol. The second kappa shape index (κ2) is 2.72. The zero-order valence-corrected chi connectivity index (χ0v) is 6.83. The van der Waals surface area contributed by atoms with E-state index in [4.69, 9.17) is 23.2 Å². The summed E-state index contributed by atoms with van der Waals surface area (Å²) < 4.78 is 0. The lowest BCUT2D eigenvalue weighted by Crippen LogP contribution is -2.09. The van der Waals surface area contributed by atoms with Gasteiger partial charge >= 0.3 is 0 Å². The second-order valence-corrected chi connectivity index (χ2v) is 2.80. The normalized spacial score (nSPS) is 19.5. The van der Waals surface area contributed by atoms with Crippen molar-refractivity contribution in [3.63, 3.8) is 0 Å². The van der Waals surface area contributed by atoms with Crippen LogP contribution in [0.5, 0.6) is 0 Å². The van der Waals surface area contributed by atoms with Crippen LogP contribution in [-0.4, -0.2) is 11.0 Å². The van der Waals surface area contributed by atoms with E-state index >= 15 is 0 Å². The molecule has 4 heteroatoms. The van der Waals surface area contributed by atoms with Crippen molar-refractivity contribution in [3.8, 4) is 0 Å². The van der Waals surface area contributed by atoms with E-state index in [-0.39, 0.29) is 17.2 Å². The molecule has 0 fully saturated rings. The quantitative estimate of drug-likeness (QED) is 0.558. The summed E-state index contributed by atoms with van der Waals surface area (Å²) in [4.78, 5) is 14.7. The summed E-state index contributed by atoms with van der Waals surface area (Å²) in [5.74, 6) is -0.154. The first kappa shape index (κ1) is 7.76. The summed E-state index contributed by atoms with van der Waals surface area (Å²) in [6.45, 7) is 1.65. The molecule has 1 rings (SSSR count). The third-order valence-corrected chi connectivity index (χ3v) is 1.86. The number of carbonyl (C=O) groups excluding carboxylic acids is 1. The Kier molecular flexibility index (Phi) is 2.11. The Labute approximate surface area is 68.5 Å². The van der Waals surface area contributed by atoms with Gasteiger partial charge in [0.15, 0.2) is 5.78 Å². The summed E-state index contributed by atoms with van der Waals surface area (Å²) in [7, 11) is 0. The molecule has 2 nitrogen and oxygen atoms in total. The summed E-state index contributed by atoms with van der Waals surface area (Å²) in [5, 5.41) is 0.510. The molecule has 0 bridgehead atoms.